The number of nitrogens with zero attached hydrogens (tertiary/aromatic N) is 3. The van der Waals surface area contributed by atoms with Crippen molar-refractivity contribution in [1.29, 1.82) is 0 Å². The van der Waals surface area contributed by atoms with Gasteiger partial charge in [0.1, 0.15) is 0 Å². The van der Waals surface area contributed by atoms with E-state index in [2.05, 4.69) is 9.80 Å². The lowest BCUT2D eigenvalue weighted by Crippen LogP contribution is -2.43. The van der Waals surface area contributed by atoms with Gasteiger partial charge in [-0.3, -0.25) is 14.6 Å². The summed E-state index contributed by atoms with van der Waals surface area (Å²) in [5.41, 5.74) is 5.48. The molecule has 2 aliphatic heterocycles. The predicted octanol–water partition coefficient (Wildman–Crippen LogP) is 0.681. The average molecular weight is 312 g/mol. The highest BCUT2D eigenvalue weighted by molar-refractivity contribution is 7.80. The van der Waals surface area contributed by atoms with E-state index < -0.39 is 0 Å². The van der Waals surface area contributed by atoms with E-state index in [9.17, 15) is 4.79 Å². The van der Waals surface area contributed by atoms with Crippen LogP contribution in [0.5, 0.6) is 0 Å². The van der Waals surface area contributed by atoms with Crippen molar-refractivity contribution in [3.05, 3.63) is 0 Å². The van der Waals surface area contributed by atoms with Gasteiger partial charge in [0.15, 0.2) is 0 Å². The number of hydrogen-bond acceptors (Lipinski definition) is 4. The number of amides is 1. The molecule has 0 aromatic rings. The molecule has 5 nitrogen and oxygen atoms in total. The fourth-order valence-electron chi connectivity index (χ4n) is 3.25. The van der Waals surface area contributed by atoms with E-state index in [-0.39, 0.29) is 5.91 Å². The maximum Gasteiger partial charge on any atom is 0.236 e. The third kappa shape index (κ3) is 5.20. The summed E-state index contributed by atoms with van der Waals surface area (Å²) in [7, 11) is 1.83. The minimum atomic E-state index is 0.172. The van der Waals surface area contributed by atoms with Gasteiger partial charge in [-0.2, -0.15) is 0 Å². The minimum Gasteiger partial charge on any atom is -0.393 e. The lowest BCUT2D eigenvalue weighted by atomic mass is 10.1. The molecule has 1 atom stereocenters. The molecule has 2 heterocycles. The summed E-state index contributed by atoms with van der Waals surface area (Å²) in [4.78, 5) is 19.3. The van der Waals surface area contributed by atoms with Crippen LogP contribution < -0.4 is 5.73 Å². The summed E-state index contributed by atoms with van der Waals surface area (Å²) < 4.78 is 0. The molecule has 2 fully saturated rings. The Labute approximate surface area is 133 Å². The number of carbonyl (C=O) groups excluding carboxylic acids is 1. The zero-order valence-electron chi connectivity index (χ0n) is 13.1. The second-order valence-electron chi connectivity index (χ2n) is 6.31. The fraction of sp³-hybridized carbons (Fsp3) is 0.867. The summed E-state index contributed by atoms with van der Waals surface area (Å²) in [6, 6.07) is 0.653. The fourth-order valence-corrected chi connectivity index (χ4v) is 3.34. The number of carbonyl (C=O) groups is 1. The van der Waals surface area contributed by atoms with Gasteiger partial charge in [-0.1, -0.05) is 18.6 Å². The summed E-state index contributed by atoms with van der Waals surface area (Å²) >= 11 is 4.86. The van der Waals surface area contributed by atoms with Crippen molar-refractivity contribution in [2.24, 2.45) is 5.73 Å². The first kappa shape index (κ1) is 16.6. The van der Waals surface area contributed by atoms with Crippen LogP contribution in [0.15, 0.2) is 0 Å². The minimum absolute atomic E-state index is 0.172. The van der Waals surface area contributed by atoms with E-state index in [1.54, 1.807) is 4.90 Å². The summed E-state index contributed by atoms with van der Waals surface area (Å²) in [5, 5.41) is 0. The third-order valence-corrected chi connectivity index (χ3v) is 4.84. The zero-order valence-corrected chi connectivity index (χ0v) is 13.9. The molecule has 2 saturated heterocycles. The number of rotatable bonds is 6. The van der Waals surface area contributed by atoms with Crippen molar-refractivity contribution in [3.8, 4) is 0 Å². The number of thiocarbonyl (C=S) groups is 1. The molecule has 1 unspecified atom stereocenters. The molecule has 0 aliphatic carbocycles. The average Bonchev–Trinajstić information content (AvgIpc) is 2.94. The molecule has 0 spiro atoms. The molecular weight excluding hydrogens is 284 g/mol. The lowest BCUT2D eigenvalue weighted by molar-refractivity contribution is -0.130. The Morgan fingerprint density at radius 1 is 1.29 bits per heavy atom. The normalized spacial score (nSPS) is 24.1. The van der Waals surface area contributed by atoms with Crippen LogP contribution in [-0.2, 0) is 4.79 Å². The van der Waals surface area contributed by atoms with Gasteiger partial charge < -0.3 is 10.6 Å². The molecule has 2 N–H and O–H groups in total. The molecule has 0 aromatic heterocycles. The molecule has 6 heteroatoms. The smallest absolute Gasteiger partial charge is 0.236 e. The Balaban J connectivity index is 1.71. The molecule has 0 saturated carbocycles. The third-order valence-electron chi connectivity index (χ3n) is 4.63. The number of likely N-dealkylation sites (tertiary alicyclic amines) is 2. The van der Waals surface area contributed by atoms with Crippen LogP contribution in [0.25, 0.3) is 0 Å². The van der Waals surface area contributed by atoms with Crippen molar-refractivity contribution in [3.63, 3.8) is 0 Å². The van der Waals surface area contributed by atoms with Crippen LogP contribution in [0, 0.1) is 0 Å². The quantitative estimate of drug-likeness (QED) is 0.731. The van der Waals surface area contributed by atoms with Crippen LogP contribution >= 0.6 is 12.2 Å². The molecule has 0 radical (unpaired) electrons. The predicted molar refractivity (Wildman–Crippen MR) is 89.3 cm³/mol. The molecule has 2 aliphatic rings. The standard InChI is InChI=1S/C15H28N4OS/c1-17(9-6-14(16)21)15(20)12-18-10-5-13(11-18)19-7-3-2-4-8-19/h13H,2-12H2,1H3,(H2,16,21). The first-order valence-electron chi connectivity index (χ1n) is 8.05. The van der Waals surface area contributed by atoms with Gasteiger partial charge in [0.25, 0.3) is 0 Å². The number of likely N-dealkylation sites (N-methyl/N-ethyl adjacent to an activating group) is 1. The Morgan fingerprint density at radius 3 is 2.67 bits per heavy atom. The van der Waals surface area contributed by atoms with E-state index in [1.165, 1.54) is 38.8 Å². The topological polar surface area (TPSA) is 52.8 Å². The number of nitrogens with two attached hydrogens (primary N) is 1. The van der Waals surface area contributed by atoms with Crippen LogP contribution in [0.4, 0.5) is 0 Å². The molecule has 0 bridgehead atoms. The van der Waals surface area contributed by atoms with Gasteiger partial charge in [-0.25, -0.2) is 0 Å². The zero-order chi connectivity index (χ0) is 15.2. The molecule has 2 rings (SSSR count). The van der Waals surface area contributed by atoms with E-state index in [1.807, 2.05) is 7.05 Å². The highest BCUT2D eigenvalue weighted by atomic mass is 32.1. The van der Waals surface area contributed by atoms with Gasteiger partial charge in [0, 0.05) is 39.1 Å². The summed E-state index contributed by atoms with van der Waals surface area (Å²) in [5.74, 6) is 0.172. The Kier molecular flexibility index (Phi) is 6.39. The second-order valence-corrected chi connectivity index (χ2v) is 6.83. The molecule has 21 heavy (non-hydrogen) atoms. The van der Waals surface area contributed by atoms with Crippen LogP contribution in [0.1, 0.15) is 32.1 Å². The van der Waals surface area contributed by atoms with Crippen LogP contribution in [-0.4, -0.2) is 78.0 Å². The van der Waals surface area contributed by atoms with Crippen molar-refractivity contribution >= 4 is 23.1 Å². The SMILES string of the molecule is CN(CCC(N)=S)C(=O)CN1CCC(N2CCCCC2)C1. The van der Waals surface area contributed by atoms with Crippen molar-refractivity contribution in [2.75, 3.05) is 46.3 Å². The largest absolute Gasteiger partial charge is 0.393 e. The van der Waals surface area contributed by atoms with E-state index >= 15 is 0 Å². The summed E-state index contributed by atoms with van der Waals surface area (Å²) in [6.45, 7) is 5.70. The van der Waals surface area contributed by atoms with Gasteiger partial charge in [-0.15, -0.1) is 0 Å². The van der Waals surface area contributed by atoms with E-state index in [0.717, 1.165) is 13.1 Å². The van der Waals surface area contributed by atoms with Gasteiger partial charge in [-0.05, 0) is 32.4 Å². The lowest BCUT2D eigenvalue weighted by Gasteiger charge is -2.32. The molecule has 120 valence electrons. The van der Waals surface area contributed by atoms with Crippen molar-refractivity contribution in [2.45, 2.75) is 38.1 Å². The highest BCUT2D eigenvalue weighted by Crippen LogP contribution is 2.20. The Morgan fingerprint density at radius 2 is 2.00 bits per heavy atom. The maximum atomic E-state index is 12.2. The Bertz CT molecular complexity index is 371. The monoisotopic (exact) mass is 312 g/mol. The molecular formula is C15H28N4OS. The molecule has 1 amide bonds. The first-order valence-corrected chi connectivity index (χ1v) is 8.46. The second kappa shape index (κ2) is 8.06. The van der Waals surface area contributed by atoms with Crippen LogP contribution in [0.3, 0.4) is 0 Å². The Hall–Kier alpha value is -0.720. The number of piperidine rings is 1. The molecule has 0 aromatic carbocycles. The van der Waals surface area contributed by atoms with Gasteiger partial charge in [0.05, 0.1) is 11.5 Å². The maximum absolute atomic E-state index is 12.2. The van der Waals surface area contributed by atoms with Gasteiger partial charge >= 0.3 is 0 Å². The highest BCUT2D eigenvalue weighted by Gasteiger charge is 2.29. The van der Waals surface area contributed by atoms with Crippen LogP contribution in [0.2, 0.25) is 0 Å². The van der Waals surface area contributed by atoms with E-state index in [0.29, 0.717) is 30.5 Å². The summed E-state index contributed by atoms with van der Waals surface area (Å²) in [6.07, 6.45) is 5.84. The van der Waals surface area contributed by atoms with Crippen molar-refractivity contribution < 1.29 is 4.79 Å². The van der Waals surface area contributed by atoms with E-state index in [4.69, 9.17) is 18.0 Å². The number of hydrogen-bond donors (Lipinski definition) is 1. The van der Waals surface area contributed by atoms with Crippen molar-refractivity contribution in [1.82, 2.24) is 14.7 Å². The van der Waals surface area contributed by atoms with Gasteiger partial charge in [0.2, 0.25) is 5.91 Å². The first-order chi connectivity index (χ1) is 10.1.